The summed E-state index contributed by atoms with van der Waals surface area (Å²) in [5, 5.41) is 3.04. The van der Waals surface area contributed by atoms with E-state index in [9.17, 15) is 18.0 Å². The van der Waals surface area contributed by atoms with Gasteiger partial charge in [-0.15, -0.1) is 0 Å². The number of hydrogen-bond donors (Lipinski definition) is 1. The minimum atomic E-state index is -4.08. The summed E-state index contributed by atoms with van der Waals surface area (Å²) in [6.07, 6.45) is 0. The van der Waals surface area contributed by atoms with Crippen LogP contribution in [0.4, 0.5) is 11.4 Å². The van der Waals surface area contributed by atoms with Crippen LogP contribution < -0.4 is 9.62 Å². The summed E-state index contributed by atoms with van der Waals surface area (Å²) >= 11 is 6.11. The first-order valence-electron chi connectivity index (χ1n) is 11.0. The van der Waals surface area contributed by atoms with Crippen LogP contribution in [0.2, 0.25) is 5.02 Å². The Kier molecular flexibility index (Phi) is 7.70. The number of carbonyl (C=O) groups excluding carboxylic acids is 2. The van der Waals surface area contributed by atoms with Crippen LogP contribution in [0, 0.1) is 0 Å². The lowest BCUT2D eigenvalue weighted by molar-refractivity contribution is -0.114. The van der Waals surface area contributed by atoms with E-state index in [1.807, 2.05) is 0 Å². The second-order valence-corrected chi connectivity index (χ2v) is 10.1. The number of anilines is 2. The van der Waals surface area contributed by atoms with Crippen molar-refractivity contribution in [3.05, 3.63) is 89.4 Å². The predicted molar refractivity (Wildman–Crippen MR) is 134 cm³/mol. The third-order valence-corrected chi connectivity index (χ3v) is 7.47. The van der Waals surface area contributed by atoms with Gasteiger partial charge in [0.25, 0.3) is 15.9 Å². The van der Waals surface area contributed by atoms with Crippen LogP contribution in [0.5, 0.6) is 0 Å². The summed E-state index contributed by atoms with van der Waals surface area (Å²) in [6.45, 7) is 1.30. The number of ether oxygens (including phenoxy) is 1. The Labute approximate surface area is 209 Å². The molecule has 35 heavy (non-hydrogen) atoms. The summed E-state index contributed by atoms with van der Waals surface area (Å²) in [5.74, 6) is -0.834. The fourth-order valence-electron chi connectivity index (χ4n) is 3.70. The average Bonchev–Trinajstić information content (AvgIpc) is 2.88. The monoisotopic (exact) mass is 513 g/mol. The van der Waals surface area contributed by atoms with E-state index in [2.05, 4.69) is 5.32 Å². The molecule has 1 saturated heterocycles. The summed E-state index contributed by atoms with van der Waals surface area (Å²) in [4.78, 5) is 27.8. The number of morpholine rings is 1. The van der Waals surface area contributed by atoms with Crippen LogP contribution in [0.3, 0.4) is 0 Å². The molecule has 1 aliphatic heterocycles. The van der Waals surface area contributed by atoms with Gasteiger partial charge in [0.2, 0.25) is 5.91 Å². The Morgan fingerprint density at radius 1 is 0.943 bits per heavy atom. The molecule has 0 aromatic heterocycles. The Morgan fingerprint density at radius 2 is 1.63 bits per heavy atom. The molecule has 4 rings (SSSR count). The second-order valence-electron chi connectivity index (χ2n) is 7.80. The van der Waals surface area contributed by atoms with Gasteiger partial charge in [0, 0.05) is 18.1 Å². The number of nitrogens with one attached hydrogen (secondary N) is 1. The fraction of sp³-hybridized carbons (Fsp3) is 0.200. The number of halogens is 1. The van der Waals surface area contributed by atoms with E-state index >= 15 is 0 Å². The zero-order chi connectivity index (χ0) is 24.8. The first-order chi connectivity index (χ1) is 16.9. The summed E-state index contributed by atoms with van der Waals surface area (Å²) in [7, 11) is -4.08. The fourth-order valence-corrected chi connectivity index (χ4v) is 5.32. The summed E-state index contributed by atoms with van der Waals surface area (Å²) < 4.78 is 33.2. The lowest BCUT2D eigenvalue weighted by atomic mass is 10.1. The van der Waals surface area contributed by atoms with E-state index in [4.69, 9.17) is 16.3 Å². The largest absolute Gasteiger partial charge is 0.378 e. The maximum absolute atomic E-state index is 13.4. The number of hydrogen-bond acceptors (Lipinski definition) is 5. The van der Waals surface area contributed by atoms with Crippen molar-refractivity contribution in [1.29, 1.82) is 0 Å². The van der Waals surface area contributed by atoms with Crippen molar-refractivity contribution in [2.24, 2.45) is 0 Å². The normalized spacial score (nSPS) is 13.8. The highest BCUT2D eigenvalue weighted by atomic mass is 35.5. The van der Waals surface area contributed by atoms with Gasteiger partial charge >= 0.3 is 0 Å². The third kappa shape index (κ3) is 5.82. The number of para-hydroxylation sites is 1. The Hall–Kier alpha value is -3.40. The molecule has 0 unspecified atom stereocenters. The molecular weight excluding hydrogens is 490 g/mol. The van der Waals surface area contributed by atoms with Crippen molar-refractivity contribution in [2.45, 2.75) is 4.90 Å². The molecule has 1 heterocycles. The topological polar surface area (TPSA) is 96.0 Å². The van der Waals surface area contributed by atoms with Gasteiger partial charge in [-0.2, -0.15) is 0 Å². The van der Waals surface area contributed by atoms with Crippen LogP contribution in [0.1, 0.15) is 10.4 Å². The van der Waals surface area contributed by atoms with Crippen molar-refractivity contribution in [3.8, 4) is 0 Å². The van der Waals surface area contributed by atoms with E-state index in [0.717, 1.165) is 4.31 Å². The van der Waals surface area contributed by atoms with E-state index in [0.29, 0.717) is 42.6 Å². The first-order valence-corrected chi connectivity index (χ1v) is 12.8. The van der Waals surface area contributed by atoms with Gasteiger partial charge in [-0.05, 0) is 42.5 Å². The van der Waals surface area contributed by atoms with Crippen LogP contribution in [0.25, 0.3) is 0 Å². The zero-order valence-corrected chi connectivity index (χ0v) is 20.3. The van der Waals surface area contributed by atoms with Crippen LogP contribution in [-0.4, -0.2) is 58.0 Å². The minimum absolute atomic E-state index is 0.0377. The zero-order valence-electron chi connectivity index (χ0n) is 18.8. The lowest BCUT2D eigenvalue weighted by Gasteiger charge is -2.28. The van der Waals surface area contributed by atoms with E-state index < -0.39 is 22.5 Å². The van der Waals surface area contributed by atoms with Gasteiger partial charge in [-0.1, -0.05) is 48.0 Å². The summed E-state index contributed by atoms with van der Waals surface area (Å²) in [5.41, 5.74) is 0.870. The van der Waals surface area contributed by atoms with E-state index in [1.54, 1.807) is 65.6 Å². The smallest absolute Gasteiger partial charge is 0.264 e. The van der Waals surface area contributed by atoms with E-state index in [1.165, 1.54) is 18.2 Å². The molecule has 0 spiro atoms. The quantitative estimate of drug-likeness (QED) is 0.520. The molecule has 8 nitrogen and oxygen atoms in total. The molecule has 0 bridgehead atoms. The average molecular weight is 514 g/mol. The molecule has 1 aliphatic rings. The third-order valence-electron chi connectivity index (χ3n) is 5.44. The molecule has 0 atom stereocenters. The van der Waals surface area contributed by atoms with Crippen molar-refractivity contribution >= 4 is 44.8 Å². The maximum Gasteiger partial charge on any atom is 0.264 e. The standard InChI is InChI=1S/C25H24ClN3O5S/c26-19-7-6-8-20(17-19)29(35(32,33)21-9-2-1-3-10-21)18-24(30)27-23-12-5-4-11-22(23)25(31)28-13-15-34-16-14-28/h1-12,17H,13-16,18H2,(H,27,30). The maximum atomic E-state index is 13.4. The molecule has 0 aliphatic carbocycles. The Morgan fingerprint density at radius 3 is 2.34 bits per heavy atom. The molecule has 0 radical (unpaired) electrons. The number of benzene rings is 3. The van der Waals surface area contributed by atoms with Crippen LogP contribution >= 0.6 is 11.6 Å². The molecular formula is C25H24ClN3O5S. The van der Waals surface area contributed by atoms with Crippen LogP contribution in [0.15, 0.2) is 83.8 Å². The number of nitrogens with zero attached hydrogens (tertiary/aromatic N) is 2. The van der Waals surface area contributed by atoms with Gasteiger partial charge in [0.15, 0.2) is 0 Å². The van der Waals surface area contributed by atoms with Crippen molar-refractivity contribution in [2.75, 3.05) is 42.5 Å². The SMILES string of the molecule is O=C(CN(c1cccc(Cl)c1)S(=O)(=O)c1ccccc1)Nc1ccccc1C(=O)N1CCOCC1. The van der Waals surface area contributed by atoms with Gasteiger partial charge < -0.3 is 15.0 Å². The minimum Gasteiger partial charge on any atom is -0.378 e. The van der Waals surface area contributed by atoms with Gasteiger partial charge in [0.1, 0.15) is 6.54 Å². The highest BCUT2D eigenvalue weighted by Gasteiger charge is 2.28. The van der Waals surface area contributed by atoms with Gasteiger partial charge in [-0.3, -0.25) is 13.9 Å². The lowest BCUT2D eigenvalue weighted by Crippen LogP contribution is -2.41. The number of amides is 2. The highest BCUT2D eigenvalue weighted by Crippen LogP contribution is 2.26. The highest BCUT2D eigenvalue weighted by molar-refractivity contribution is 7.92. The van der Waals surface area contributed by atoms with Gasteiger partial charge in [0.05, 0.1) is 35.0 Å². The van der Waals surface area contributed by atoms with Crippen molar-refractivity contribution < 1.29 is 22.7 Å². The first kappa shape index (κ1) is 24.7. The number of sulfonamides is 1. The molecule has 1 fully saturated rings. The Bertz CT molecular complexity index is 1310. The molecule has 3 aromatic carbocycles. The molecule has 3 aromatic rings. The summed E-state index contributed by atoms with van der Waals surface area (Å²) in [6, 6.07) is 20.8. The Balaban J connectivity index is 1.61. The molecule has 1 N–H and O–H groups in total. The number of rotatable bonds is 7. The molecule has 182 valence electrons. The van der Waals surface area contributed by atoms with E-state index in [-0.39, 0.29) is 16.5 Å². The van der Waals surface area contributed by atoms with Crippen LogP contribution in [-0.2, 0) is 19.6 Å². The molecule has 2 amide bonds. The van der Waals surface area contributed by atoms with Crippen molar-refractivity contribution in [1.82, 2.24) is 4.90 Å². The second kappa shape index (κ2) is 10.9. The molecule has 10 heteroatoms. The molecule has 0 saturated carbocycles. The van der Waals surface area contributed by atoms with Gasteiger partial charge in [-0.25, -0.2) is 8.42 Å². The predicted octanol–water partition coefficient (Wildman–Crippen LogP) is 3.65. The number of carbonyl (C=O) groups is 2. The van der Waals surface area contributed by atoms with Crippen molar-refractivity contribution in [3.63, 3.8) is 0 Å².